The first-order chi connectivity index (χ1) is 12.5. The fourth-order valence-corrected chi connectivity index (χ4v) is 4.79. The van der Waals surface area contributed by atoms with Crippen molar-refractivity contribution in [1.82, 2.24) is 14.5 Å². The van der Waals surface area contributed by atoms with E-state index < -0.39 is 15.8 Å². The maximum atomic E-state index is 14.6. The molecule has 0 atom stereocenters. The van der Waals surface area contributed by atoms with Crippen LogP contribution in [0.3, 0.4) is 0 Å². The van der Waals surface area contributed by atoms with E-state index in [1.807, 2.05) is 6.92 Å². The average Bonchev–Trinajstić information content (AvgIpc) is 3.05. The van der Waals surface area contributed by atoms with Crippen molar-refractivity contribution in [3.63, 3.8) is 0 Å². The molecule has 0 radical (unpaired) electrons. The van der Waals surface area contributed by atoms with Crippen molar-refractivity contribution in [3.8, 4) is 0 Å². The summed E-state index contributed by atoms with van der Waals surface area (Å²) in [6.45, 7) is 3.53. The van der Waals surface area contributed by atoms with Crippen molar-refractivity contribution in [3.05, 3.63) is 59.5 Å². The Kier molecular flexibility index (Phi) is 4.28. The SMILES string of the molecule is Cc1ccc(S(=O)(=O)n2nc(C3CCNCC3)c3c(F)cccc32)cc1. The van der Waals surface area contributed by atoms with Crippen LogP contribution in [0, 0.1) is 12.7 Å². The predicted octanol–water partition coefficient (Wildman–Crippen LogP) is 3.19. The summed E-state index contributed by atoms with van der Waals surface area (Å²) in [5.41, 5.74) is 1.80. The summed E-state index contributed by atoms with van der Waals surface area (Å²) in [6.07, 6.45) is 1.62. The molecule has 136 valence electrons. The first kappa shape index (κ1) is 17.2. The molecule has 5 nitrogen and oxygen atoms in total. The largest absolute Gasteiger partial charge is 0.317 e. The van der Waals surface area contributed by atoms with Gasteiger partial charge in [0, 0.05) is 5.92 Å². The van der Waals surface area contributed by atoms with Gasteiger partial charge in [0.05, 0.1) is 21.5 Å². The van der Waals surface area contributed by atoms with Crippen LogP contribution in [0.4, 0.5) is 4.39 Å². The molecule has 1 aliphatic rings. The summed E-state index contributed by atoms with van der Waals surface area (Å²) in [6, 6.07) is 11.1. The lowest BCUT2D eigenvalue weighted by molar-refractivity contribution is 0.452. The second-order valence-electron chi connectivity index (χ2n) is 6.70. The van der Waals surface area contributed by atoms with E-state index in [4.69, 9.17) is 0 Å². The summed E-state index contributed by atoms with van der Waals surface area (Å²) in [4.78, 5) is 0.147. The predicted molar refractivity (Wildman–Crippen MR) is 98.3 cm³/mol. The van der Waals surface area contributed by atoms with E-state index in [-0.39, 0.29) is 10.8 Å². The fourth-order valence-electron chi connectivity index (χ4n) is 3.50. The van der Waals surface area contributed by atoms with Gasteiger partial charge in [0.2, 0.25) is 0 Å². The molecule has 0 amide bonds. The Morgan fingerprint density at radius 2 is 1.81 bits per heavy atom. The highest BCUT2D eigenvalue weighted by Crippen LogP contribution is 2.33. The third-order valence-corrected chi connectivity index (χ3v) is 6.53. The normalized spacial score (nSPS) is 16.2. The van der Waals surface area contributed by atoms with E-state index in [1.165, 1.54) is 12.1 Å². The molecule has 4 rings (SSSR count). The van der Waals surface area contributed by atoms with E-state index in [0.29, 0.717) is 16.6 Å². The maximum absolute atomic E-state index is 14.6. The van der Waals surface area contributed by atoms with Crippen LogP contribution in [0.2, 0.25) is 0 Å². The van der Waals surface area contributed by atoms with Gasteiger partial charge >= 0.3 is 0 Å². The van der Waals surface area contributed by atoms with Gasteiger partial charge in [-0.2, -0.15) is 17.6 Å². The Balaban J connectivity index is 1.93. The molecule has 0 saturated carbocycles. The van der Waals surface area contributed by atoms with Gasteiger partial charge in [-0.25, -0.2) is 4.39 Å². The molecule has 0 aliphatic carbocycles. The zero-order chi connectivity index (χ0) is 18.3. The average molecular weight is 373 g/mol. The van der Waals surface area contributed by atoms with Crippen molar-refractivity contribution in [2.24, 2.45) is 0 Å². The van der Waals surface area contributed by atoms with Gasteiger partial charge in [-0.05, 0) is 57.1 Å². The minimum Gasteiger partial charge on any atom is -0.317 e. The van der Waals surface area contributed by atoms with Crippen molar-refractivity contribution in [2.75, 3.05) is 13.1 Å². The zero-order valence-corrected chi connectivity index (χ0v) is 15.3. The number of halogens is 1. The molecule has 2 aromatic carbocycles. The van der Waals surface area contributed by atoms with Crippen molar-refractivity contribution < 1.29 is 12.8 Å². The quantitative estimate of drug-likeness (QED) is 0.766. The van der Waals surface area contributed by atoms with Crippen LogP contribution in [0.15, 0.2) is 47.4 Å². The molecule has 1 aromatic heterocycles. The van der Waals surface area contributed by atoms with Crippen molar-refractivity contribution in [1.29, 1.82) is 0 Å². The van der Waals surface area contributed by atoms with Crippen LogP contribution >= 0.6 is 0 Å². The molecule has 0 spiro atoms. The molecule has 1 saturated heterocycles. The molecule has 1 N–H and O–H groups in total. The van der Waals surface area contributed by atoms with Gasteiger partial charge in [-0.1, -0.05) is 23.8 Å². The van der Waals surface area contributed by atoms with Gasteiger partial charge in [0.1, 0.15) is 5.82 Å². The van der Waals surface area contributed by atoms with Gasteiger partial charge in [0.15, 0.2) is 0 Å². The molecule has 1 fully saturated rings. The Labute approximate surface area is 151 Å². The Hall–Kier alpha value is -2.25. The van der Waals surface area contributed by atoms with Crippen molar-refractivity contribution in [2.45, 2.75) is 30.6 Å². The molecule has 2 heterocycles. The van der Waals surface area contributed by atoms with E-state index >= 15 is 0 Å². The number of aromatic nitrogens is 2. The van der Waals surface area contributed by atoms with Crippen molar-refractivity contribution >= 4 is 20.9 Å². The number of fused-ring (bicyclic) bond motifs is 1. The zero-order valence-electron chi connectivity index (χ0n) is 14.4. The van der Waals surface area contributed by atoms with Crippen LogP contribution < -0.4 is 5.32 Å². The van der Waals surface area contributed by atoms with Crippen LogP contribution in [-0.4, -0.2) is 30.7 Å². The third-order valence-electron chi connectivity index (χ3n) is 4.92. The molecule has 26 heavy (non-hydrogen) atoms. The van der Waals surface area contributed by atoms with E-state index in [1.54, 1.807) is 30.3 Å². The van der Waals surface area contributed by atoms with Gasteiger partial charge in [-0.3, -0.25) is 0 Å². The van der Waals surface area contributed by atoms with Crippen LogP contribution in [0.25, 0.3) is 10.9 Å². The van der Waals surface area contributed by atoms with Crippen LogP contribution in [0.1, 0.15) is 30.0 Å². The Bertz CT molecular complexity index is 1050. The summed E-state index contributed by atoms with van der Waals surface area (Å²) in [5, 5.41) is 7.99. The minimum absolute atomic E-state index is 0.0464. The van der Waals surface area contributed by atoms with Gasteiger partial charge < -0.3 is 5.32 Å². The summed E-state index contributed by atoms with van der Waals surface area (Å²) in [5.74, 6) is -0.383. The standard InChI is InChI=1S/C19H20FN3O2S/c1-13-5-7-15(8-6-13)26(24,25)23-17-4-2-3-16(20)18(17)19(22-23)14-9-11-21-12-10-14/h2-8,14,21H,9-12H2,1H3. The molecule has 7 heteroatoms. The molecule has 3 aromatic rings. The van der Waals surface area contributed by atoms with Gasteiger partial charge in [-0.15, -0.1) is 0 Å². The van der Waals surface area contributed by atoms with Crippen LogP contribution in [-0.2, 0) is 10.0 Å². The minimum atomic E-state index is -3.89. The Morgan fingerprint density at radius 1 is 1.12 bits per heavy atom. The van der Waals surface area contributed by atoms with E-state index in [9.17, 15) is 12.8 Å². The number of rotatable bonds is 3. The lowest BCUT2D eigenvalue weighted by atomic mass is 9.92. The molecule has 0 unspecified atom stereocenters. The first-order valence-corrected chi connectivity index (χ1v) is 10.1. The maximum Gasteiger partial charge on any atom is 0.283 e. The molecular formula is C19H20FN3O2S. The number of nitrogens with zero attached hydrogens (tertiary/aromatic N) is 2. The summed E-state index contributed by atoms with van der Waals surface area (Å²) >= 11 is 0. The highest BCUT2D eigenvalue weighted by Gasteiger charge is 2.28. The molecule has 1 aliphatic heterocycles. The molecule has 0 bridgehead atoms. The third kappa shape index (κ3) is 2.81. The molecular weight excluding hydrogens is 353 g/mol. The smallest absolute Gasteiger partial charge is 0.283 e. The van der Waals surface area contributed by atoms with Gasteiger partial charge in [0.25, 0.3) is 10.0 Å². The number of hydrogen-bond acceptors (Lipinski definition) is 4. The lowest BCUT2D eigenvalue weighted by Crippen LogP contribution is -2.27. The Morgan fingerprint density at radius 3 is 2.50 bits per heavy atom. The van der Waals surface area contributed by atoms with E-state index in [0.717, 1.165) is 35.6 Å². The summed E-state index contributed by atoms with van der Waals surface area (Å²) in [7, 11) is -3.89. The lowest BCUT2D eigenvalue weighted by Gasteiger charge is -2.21. The summed E-state index contributed by atoms with van der Waals surface area (Å²) < 4.78 is 41.9. The highest BCUT2D eigenvalue weighted by atomic mass is 32.2. The number of piperidine rings is 1. The number of benzene rings is 2. The van der Waals surface area contributed by atoms with E-state index in [2.05, 4.69) is 10.4 Å². The fraction of sp³-hybridized carbons (Fsp3) is 0.316. The monoisotopic (exact) mass is 373 g/mol. The number of aryl methyl sites for hydroxylation is 1. The second kappa shape index (κ2) is 6.48. The number of nitrogens with one attached hydrogen (secondary N) is 1. The number of hydrogen-bond donors (Lipinski definition) is 1. The second-order valence-corrected chi connectivity index (χ2v) is 8.47. The highest BCUT2D eigenvalue weighted by molar-refractivity contribution is 7.90. The first-order valence-electron chi connectivity index (χ1n) is 8.68. The van der Waals surface area contributed by atoms with Crippen LogP contribution in [0.5, 0.6) is 0 Å². The topological polar surface area (TPSA) is 64.0 Å².